The first-order valence-electron chi connectivity index (χ1n) is 9.55. The van der Waals surface area contributed by atoms with Crippen molar-refractivity contribution >= 4 is 5.91 Å². The summed E-state index contributed by atoms with van der Waals surface area (Å²) < 4.78 is 42.4. The van der Waals surface area contributed by atoms with E-state index in [1.54, 1.807) is 4.68 Å². The molecule has 0 radical (unpaired) electrons. The highest BCUT2D eigenvalue weighted by Gasteiger charge is 2.31. The number of carbonyl (C=O) groups excluding carboxylic acids is 1. The number of benzene rings is 2. The number of amides is 1. The van der Waals surface area contributed by atoms with Crippen LogP contribution in [-0.2, 0) is 19.9 Å². The molecule has 30 heavy (non-hydrogen) atoms. The molecule has 1 aromatic heterocycles. The minimum Gasteiger partial charge on any atom is -0.406 e. The standard InChI is InChI=1S/C22H20F3N3O2/c1-28-13-16(12-26-28)19-4-2-3-14-5-8-17(11-20(14)19)27-21(29)15-6-9-18(10-7-15)30-22(23,24)25/h2-4,6-7,9-10,12-13,17H,5,8,11H2,1H3,(H,27,29)/t17-/m1/s1. The first-order chi connectivity index (χ1) is 14.3. The lowest BCUT2D eigenvalue weighted by atomic mass is 9.84. The van der Waals surface area contributed by atoms with E-state index in [1.807, 2.05) is 25.5 Å². The zero-order valence-electron chi connectivity index (χ0n) is 16.2. The molecule has 5 nitrogen and oxygen atoms in total. The molecule has 0 fully saturated rings. The Bertz CT molecular complexity index is 1060. The van der Waals surface area contributed by atoms with Crippen LogP contribution in [0.15, 0.2) is 54.9 Å². The topological polar surface area (TPSA) is 56.2 Å². The summed E-state index contributed by atoms with van der Waals surface area (Å²) in [6, 6.07) is 11.1. The Hall–Kier alpha value is -3.29. The van der Waals surface area contributed by atoms with E-state index in [1.165, 1.54) is 23.3 Å². The van der Waals surface area contributed by atoms with Crippen molar-refractivity contribution in [3.8, 4) is 16.9 Å². The zero-order valence-corrected chi connectivity index (χ0v) is 16.2. The molecule has 3 aromatic rings. The Kier molecular flexibility index (Phi) is 5.24. The van der Waals surface area contributed by atoms with Crippen LogP contribution in [0.4, 0.5) is 13.2 Å². The van der Waals surface area contributed by atoms with Crippen LogP contribution < -0.4 is 10.1 Å². The lowest BCUT2D eigenvalue weighted by molar-refractivity contribution is -0.274. The Morgan fingerprint density at radius 2 is 1.97 bits per heavy atom. The maximum atomic E-state index is 12.6. The van der Waals surface area contributed by atoms with Gasteiger partial charge in [-0.25, -0.2) is 0 Å². The molecular formula is C22H20F3N3O2. The Morgan fingerprint density at radius 3 is 2.63 bits per heavy atom. The van der Waals surface area contributed by atoms with Gasteiger partial charge in [-0.1, -0.05) is 18.2 Å². The molecule has 1 atom stereocenters. The molecule has 1 N–H and O–H groups in total. The van der Waals surface area contributed by atoms with Crippen LogP contribution in [0.2, 0.25) is 0 Å². The van der Waals surface area contributed by atoms with Crippen molar-refractivity contribution < 1.29 is 22.7 Å². The largest absolute Gasteiger partial charge is 0.573 e. The third kappa shape index (κ3) is 4.48. The van der Waals surface area contributed by atoms with E-state index in [2.05, 4.69) is 27.3 Å². The van der Waals surface area contributed by atoms with Crippen LogP contribution in [0.25, 0.3) is 11.1 Å². The lowest BCUT2D eigenvalue weighted by Gasteiger charge is -2.27. The first kappa shape index (κ1) is 20.0. The quantitative estimate of drug-likeness (QED) is 0.692. The van der Waals surface area contributed by atoms with Crippen LogP contribution in [0.5, 0.6) is 5.75 Å². The van der Waals surface area contributed by atoms with Crippen molar-refractivity contribution in [2.24, 2.45) is 7.05 Å². The van der Waals surface area contributed by atoms with Crippen LogP contribution >= 0.6 is 0 Å². The Morgan fingerprint density at radius 1 is 1.20 bits per heavy atom. The van der Waals surface area contributed by atoms with Gasteiger partial charge in [0, 0.05) is 30.4 Å². The third-order valence-electron chi connectivity index (χ3n) is 5.19. The Balaban J connectivity index is 1.47. The van der Waals surface area contributed by atoms with Crippen molar-refractivity contribution in [3.05, 3.63) is 71.5 Å². The maximum Gasteiger partial charge on any atom is 0.573 e. The van der Waals surface area contributed by atoms with Gasteiger partial charge in [-0.2, -0.15) is 5.10 Å². The second kappa shape index (κ2) is 7.85. The molecule has 0 aliphatic heterocycles. The van der Waals surface area contributed by atoms with Gasteiger partial charge in [0.25, 0.3) is 5.91 Å². The van der Waals surface area contributed by atoms with Gasteiger partial charge in [0.15, 0.2) is 0 Å². The second-order valence-corrected chi connectivity index (χ2v) is 7.33. The van der Waals surface area contributed by atoms with Crippen molar-refractivity contribution in [2.45, 2.75) is 31.7 Å². The fourth-order valence-electron chi connectivity index (χ4n) is 3.82. The molecule has 0 bridgehead atoms. The molecule has 156 valence electrons. The van der Waals surface area contributed by atoms with Gasteiger partial charge in [0.1, 0.15) is 5.75 Å². The van der Waals surface area contributed by atoms with Crippen LogP contribution in [0.1, 0.15) is 27.9 Å². The number of nitrogens with zero attached hydrogens (tertiary/aromatic N) is 2. The minimum absolute atomic E-state index is 0.0612. The molecule has 8 heteroatoms. The van der Waals surface area contributed by atoms with Gasteiger partial charge in [0.05, 0.1) is 6.20 Å². The number of nitrogens with one attached hydrogen (secondary N) is 1. The number of fused-ring (bicyclic) bond motifs is 1. The van der Waals surface area contributed by atoms with Gasteiger partial charge in [-0.05, 0) is 60.2 Å². The molecule has 0 unspecified atom stereocenters. The number of ether oxygens (including phenoxy) is 1. The molecule has 1 heterocycles. The van der Waals surface area contributed by atoms with Gasteiger partial charge in [-0.3, -0.25) is 9.48 Å². The maximum absolute atomic E-state index is 12.6. The highest BCUT2D eigenvalue weighted by Crippen LogP contribution is 2.31. The summed E-state index contributed by atoms with van der Waals surface area (Å²) in [6.07, 6.45) is 1.34. The number of halogens is 3. The molecule has 0 spiro atoms. The predicted molar refractivity (Wildman–Crippen MR) is 105 cm³/mol. The molecule has 2 aromatic carbocycles. The van der Waals surface area contributed by atoms with E-state index in [9.17, 15) is 18.0 Å². The smallest absolute Gasteiger partial charge is 0.406 e. The van der Waals surface area contributed by atoms with Gasteiger partial charge in [-0.15, -0.1) is 13.2 Å². The van der Waals surface area contributed by atoms with Crippen LogP contribution in [0, 0.1) is 0 Å². The van der Waals surface area contributed by atoms with E-state index < -0.39 is 6.36 Å². The van der Waals surface area contributed by atoms with Crippen LogP contribution in [-0.4, -0.2) is 28.1 Å². The number of aromatic nitrogens is 2. The average molecular weight is 415 g/mol. The monoisotopic (exact) mass is 415 g/mol. The summed E-state index contributed by atoms with van der Waals surface area (Å²) in [5.74, 6) is -0.673. The molecular weight excluding hydrogens is 395 g/mol. The molecule has 0 saturated heterocycles. The van der Waals surface area contributed by atoms with E-state index >= 15 is 0 Å². The number of hydrogen-bond acceptors (Lipinski definition) is 3. The number of rotatable bonds is 4. The molecule has 1 amide bonds. The highest BCUT2D eigenvalue weighted by molar-refractivity contribution is 5.94. The first-order valence-corrected chi connectivity index (χ1v) is 9.55. The number of alkyl halides is 3. The van der Waals surface area contributed by atoms with E-state index in [4.69, 9.17) is 0 Å². The van der Waals surface area contributed by atoms with Gasteiger partial charge in [0.2, 0.25) is 0 Å². The van der Waals surface area contributed by atoms with E-state index in [0.717, 1.165) is 36.1 Å². The second-order valence-electron chi connectivity index (χ2n) is 7.33. The van der Waals surface area contributed by atoms with Crippen molar-refractivity contribution in [1.29, 1.82) is 0 Å². The Labute approximate surface area is 171 Å². The SMILES string of the molecule is Cn1cc(-c2cccc3c2C[C@H](NC(=O)c2ccc(OC(F)(F)F)cc2)CC3)cn1. The highest BCUT2D eigenvalue weighted by atomic mass is 19.4. The lowest BCUT2D eigenvalue weighted by Crippen LogP contribution is -2.39. The number of hydrogen-bond donors (Lipinski definition) is 1. The average Bonchev–Trinajstić information content (AvgIpc) is 3.13. The summed E-state index contributed by atoms with van der Waals surface area (Å²) in [4.78, 5) is 12.6. The molecule has 0 saturated carbocycles. The normalized spacial score (nSPS) is 16.1. The van der Waals surface area contributed by atoms with Crippen molar-refractivity contribution in [2.75, 3.05) is 0 Å². The minimum atomic E-state index is -4.76. The van der Waals surface area contributed by atoms with Gasteiger partial charge >= 0.3 is 6.36 Å². The predicted octanol–water partition coefficient (Wildman–Crippen LogP) is 4.27. The third-order valence-corrected chi connectivity index (χ3v) is 5.19. The molecule has 1 aliphatic carbocycles. The zero-order chi connectivity index (χ0) is 21.3. The van der Waals surface area contributed by atoms with Crippen molar-refractivity contribution in [1.82, 2.24) is 15.1 Å². The molecule has 1 aliphatic rings. The number of carbonyl (C=O) groups is 1. The summed E-state index contributed by atoms with van der Waals surface area (Å²) in [5.41, 5.74) is 4.87. The van der Waals surface area contributed by atoms with E-state index in [-0.39, 0.29) is 23.3 Å². The van der Waals surface area contributed by atoms with Crippen LogP contribution in [0.3, 0.4) is 0 Å². The fourth-order valence-corrected chi connectivity index (χ4v) is 3.82. The summed E-state index contributed by atoms with van der Waals surface area (Å²) >= 11 is 0. The number of aryl methyl sites for hydroxylation is 2. The van der Waals surface area contributed by atoms with Gasteiger partial charge < -0.3 is 10.1 Å². The van der Waals surface area contributed by atoms with E-state index in [0.29, 0.717) is 6.42 Å². The summed E-state index contributed by atoms with van der Waals surface area (Å²) in [6.45, 7) is 0. The fraction of sp³-hybridized carbons (Fsp3) is 0.273. The summed E-state index contributed by atoms with van der Waals surface area (Å²) in [5, 5.41) is 7.25. The molecule has 4 rings (SSSR count). The summed E-state index contributed by atoms with van der Waals surface area (Å²) in [7, 11) is 1.87. The van der Waals surface area contributed by atoms with Crippen molar-refractivity contribution in [3.63, 3.8) is 0 Å².